The van der Waals surface area contributed by atoms with E-state index in [1.807, 2.05) is 0 Å². The Morgan fingerprint density at radius 1 is 0.615 bits per heavy atom. The first-order chi connectivity index (χ1) is 12.9. The highest BCUT2D eigenvalue weighted by Gasteiger charge is 1.94. The van der Waals surface area contributed by atoms with E-state index in [9.17, 15) is 0 Å². The molecule has 0 radical (unpaired) electrons. The smallest absolute Gasteiger partial charge is 0.0251 e. The van der Waals surface area contributed by atoms with E-state index in [0.717, 1.165) is 12.0 Å². The van der Waals surface area contributed by atoms with E-state index in [1.165, 1.54) is 87.8 Å². The van der Waals surface area contributed by atoms with Crippen LogP contribution >= 0.6 is 0 Å². The molecular weight excluding hydrogens is 312 g/mol. The molecule has 0 spiro atoms. The van der Waals surface area contributed by atoms with E-state index in [0.29, 0.717) is 0 Å². The van der Waals surface area contributed by atoms with Crippen LogP contribution < -0.4 is 0 Å². The van der Waals surface area contributed by atoms with E-state index < -0.39 is 0 Å². The van der Waals surface area contributed by atoms with Crippen LogP contribution in [0.4, 0.5) is 0 Å². The lowest BCUT2D eigenvalue weighted by molar-refractivity contribution is 0.545. The first-order valence-corrected chi connectivity index (χ1v) is 10.9. The van der Waals surface area contributed by atoms with Crippen LogP contribution in [0.15, 0.2) is 42.5 Å². The van der Waals surface area contributed by atoms with Gasteiger partial charge in [0.1, 0.15) is 0 Å². The molecule has 0 aliphatic carbocycles. The third-order valence-electron chi connectivity index (χ3n) is 5.14. The van der Waals surface area contributed by atoms with Crippen molar-refractivity contribution in [1.82, 2.24) is 0 Å². The fourth-order valence-corrected chi connectivity index (χ4v) is 3.49. The van der Waals surface area contributed by atoms with Gasteiger partial charge in [-0.3, -0.25) is 0 Å². The fourth-order valence-electron chi connectivity index (χ4n) is 3.49. The molecule has 26 heavy (non-hydrogen) atoms. The maximum absolute atomic E-state index is 3.35. The molecule has 2 aromatic carbocycles. The summed E-state index contributed by atoms with van der Waals surface area (Å²) in [6.45, 7) is 2.29. The predicted octanol–water partition coefficient (Wildman–Crippen LogP) is 8.28. The molecule has 0 saturated carbocycles. The summed E-state index contributed by atoms with van der Waals surface area (Å²) in [5.41, 5.74) is 1.14. The number of hydrogen-bond donors (Lipinski definition) is 0. The fraction of sp³-hybridized carbons (Fsp3) is 0.538. The first kappa shape index (κ1) is 20.6. The van der Waals surface area contributed by atoms with Gasteiger partial charge in [-0.2, -0.15) is 0 Å². The van der Waals surface area contributed by atoms with Crippen molar-refractivity contribution >= 4 is 10.8 Å². The quantitative estimate of drug-likeness (QED) is 0.267. The van der Waals surface area contributed by atoms with Crippen molar-refractivity contribution < 1.29 is 0 Å². The maximum Gasteiger partial charge on any atom is 0.0251 e. The topological polar surface area (TPSA) is 0 Å². The molecule has 0 aliphatic rings. The minimum absolute atomic E-state index is 1.03. The molecule has 0 heteroatoms. The van der Waals surface area contributed by atoms with Crippen molar-refractivity contribution in [2.75, 3.05) is 0 Å². The minimum Gasteiger partial charge on any atom is -0.0979 e. The SMILES string of the molecule is CCCCCCCCCCCCCCC#Cc1ccc2ccccc2c1. The van der Waals surface area contributed by atoms with Gasteiger partial charge in [0.25, 0.3) is 0 Å². The summed E-state index contributed by atoms with van der Waals surface area (Å²) in [5, 5.41) is 2.57. The lowest BCUT2D eigenvalue weighted by atomic mass is 10.0. The predicted molar refractivity (Wildman–Crippen MR) is 117 cm³/mol. The number of unbranched alkanes of at least 4 members (excludes halogenated alkanes) is 12. The van der Waals surface area contributed by atoms with Crippen LogP contribution in [-0.4, -0.2) is 0 Å². The van der Waals surface area contributed by atoms with Gasteiger partial charge in [-0.15, -0.1) is 0 Å². The van der Waals surface area contributed by atoms with Gasteiger partial charge >= 0.3 is 0 Å². The van der Waals surface area contributed by atoms with Crippen LogP contribution in [0.3, 0.4) is 0 Å². The number of fused-ring (bicyclic) bond motifs is 1. The summed E-state index contributed by atoms with van der Waals surface area (Å²) in [6, 6.07) is 15.0. The Bertz CT molecular complexity index is 671. The van der Waals surface area contributed by atoms with Crippen LogP contribution in [-0.2, 0) is 0 Å². The number of rotatable bonds is 12. The second-order valence-electron chi connectivity index (χ2n) is 7.50. The van der Waals surface area contributed by atoms with Crippen LogP contribution in [0.1, 0.15) is 96.0 Å². The summed E-state index contributed by atoms with van der Waals surface area (Å²) in [6.07, 6.45) is 17.8. The Balaban J connectivity index is 1.47. The Morgan fingerprint density at radius 2 is 1.19 bits per heavy atom. The average Bonchev–Trinajstić information content (AvgIpc) is 2.68. The van der Waals surface area contributed by atoms with Gasteiger partial charge in [0.2, 0.25) is 0 Å². The van der Waals surface area contributed by atoms with Crippen molar-refractivity contribution in [3.8, 4) is 11.8 Å². The normalized spacial score (nSPS) is 10.7. The lowest BCUT2D eigenvalue weighted by Crippen LogP contribution is -1.82. The molecule has 0 fully saturated rings. The zero-order valence-corrected chi connectivity index (χ0v) is 16.7. The van der Waals surface area contributed by atoms with Gasteiger partial charge in [-0.1, -0.05) is 120 Å². The van der Waals surface area contributed by atoms with Crippen molar-refractivity contribution in [3.05, 3.63) is 48.0 Å². The minimum atomic E-state index is 1.03. The molecule has 0 heterocycles. The van der Waals surface area contributed by atoms with E-state index in [2.05, 4.69) is 61.2 Å². The third-order valence-corrected chi connectivity index (χ3v) is 5.14. The average molecular weight is 349 g/mol. The maximum atomic E-state index is 3.35. The highest BCUT2D eigenvalue weighted by molar-refractivity contribution is 5.83. The Morgan fingerprint density at radius 3 is 1.85 bits per heavy atom. The van der Waals surface area contributed by atoms with Crippen LogP contribution in [0.2, 0.25) is 0 Å². The zero-order chi connectivity index (χ0) is 18.3. The van der Waals surface area contributed by atoms with Crippen molar-refractivity contribution in [1.29, 1.82) is 0 Å². The van der Waals surface area contributed by atoms with Gasteiger partial charge in [-0.25, -0.2) is 0 Å². The molecule has 0 atom stereocenters. The van der Waals surface area contributed by atoms with Crippen LogP contribution in [0.5, 0.6) is 0 Å². The lowest BCUT2D eigenvalue weighted by Gasteiger charge is -2.02. The second-order valence-corrected chi connectivity index (χ2v) is 7.50. The Labute approximate surface area is 161 Å². The number of benzene rings is 2. The number of hydrogen-bond acceptors (Lipinski definition) is 0. The highest BCUT2D eigenvalue weighted by Crippen LogP contribution is 2.15. The highest BCUT2D eigenvalue weighted by atomic mass is 14.0. The molecule has 0 aromatic heterocycles. The van der Waals surface area contributed by atoms with E-state index in [-0.39, 0.29) is 0 Å². The molecule has 0 saturated heterocycles. The van der Waals surface area contributed by atoms with Crippen molar-refractivity contribution in [2.45, 2.75) is 90.4 Å². The zero-order valence-electron chi connectivity index (χ0n) is 16.7. The molecule has 0 nitrogen and oxygen atoms in total. The van der Waals surface area contributed by atoms with Gasteiger partial charge in [0.05, 0.1) is 0 Å². The van der Waals surface area contributed by atoms with E-state index in [1.54, 1.807) is 0 Å². The van der Waals surface area contributed by atoms with Gasteiger partial charge in [-0.05, 0) is 29.3 Å². The second kappa shape index (κ2) is 13.5. The monoisotopic (exact) mass is 348 g/mol. The van der Waals surface area contributed by atoms with Crippen LogP contribution in [0, 0.1) is 11.8 Å². The summed E-state index contributed by atoms with van der Waals surface area (Å²) < 4.78 is 0. The molecular formula is C26H36. The molecule has 2 rings (SSSR count). The molecule has 0 amide bonds. The van der Waals surface area contributed by atoms with Crippen molar-refractivity contribution in [3.63, 3.8) is 0 Å². The van der Waals surface area contributed by atoms with Crippen molar-refractivity contribution in [2.24, 2.45) is 0 Å². The van der Waals surface area contributed by atoms with Gasteiger partial charge in [0, 0.05) is 12.0 Å². The standard InChI is InChI=1S/C26H36/c1-2-3-4-5-6-7-8-9-10-11-12-13-14-15-18-24-21-22-25-19-16-17-20-26(25)23-24/h16-17,19-23H,2-14H2,1H3. The molecule has 140 valence electrons. The molecule has 0 N–H and O–H groups in total. The van der Waals surface area contributed by atoms with E-state index in [4.69, 9.17) is 0 Å². The van der Waals surface area contributed by atoms with E-state index >= 15 is 0 Å². The summed E-state index contributed by atoms with van der Waals surface area (Å²) in [7, 11) is 0. The summed E-state index contributed by atoms with van der Waals surface area (Å²) >= 11 is 0. The largest absolute Gasteiger partial charge is 0.0979 e. The molecule has 0 unspecified atom stereocenters. The Kier molecular flexibility index (Phi) is 10.7. The third kappa shape index (κ3) is 8.57. The van der Waals surface area contributed by atoms with Gasteiger partial charge < -0.3 is 0 Å². The first-order valence-electron chi connectivity index (χ1n) is 10.9. The molecule has 0 aliphatic heterocycles. The van der Waals surface area contributed by atoms with Gasteiger partial charge in [0.15, 0.2) is 0 Å². The molecule has 0 bridgehead atoms. The summed E-state index contributed by atoms with van der Waals surface area (Å²) in [4.78, 5) is 0. The summed E-state index contributed by atoms with van der Waals surface area (Å²) in [5.74, 6) is 6.68. The van der Waals surface area contributed by atoms with Crippen LogP contribution in [0.25, 0.3) is 10.8 Å². The molecule has 2 aromatic rings. The Hall–Kier alpha value is -1.74.